The second-order valence-electron chi connectivity index (χ2n) is 5.06. The molecule has 120 valence electrons. The van der Waals surface area contributed by atoms with Crippen molar-refractivity contribution >= 4 is 21.1 Å². The highest BCUT2D eigenvalue weighted by Gasteiger charge is 2.13. The zero-order valence-electron chi connectivity index (χ0n) is 12.6. The number of aromatic nitrogens is 1. The number of hydrogen-bond acceptors (Lipinski definition) is 6. The Morgan fingerprint density at radius 2 is 1.96 bits per heavy atom. The highest BCUT2D eigenvalue weighted by molar-refractivity contribution is 7.86. The first-order valence-corrected chi connectivity index (χ1v) is 8.67. The van der Waals surface area contributed by atoms with Gasteiger partial charge in [0.1, 0.15) is 11.5 Å². The molecular formula is C16H15NO5S. The zero-order chi connectivity index (χ0) is 16.4. The van der Waals surface area contributed by atoms with Gasteiger partial charge in [-0.15, -0.1) is 0 Å². The third-order valence-electron chi connectivity index (χ3n) is 3.32. The van der Waals surface area contributed by atoms with E-state index in [0.717, 1.165) is 28.6 Å². The van der Waals surface area contributed by atoms with Gasteiger partial charge in [0.15, 0.2) is 5.58 Å². The number of benzene rings is 2. The van der Waals surface area contributed by atoms with E-state index in [-0.39, 0.29) is 5.75 Å². The monoisotopic (exact) mass is 333 g/mol. The normalized spacial score (nSPS) is 11.6. The average molecular weight is 333 g/mol. The summed E-state index contributed by atoms with van der Waals surface area (Å²) in [4.78, 5) is 0. The summed E-state index contributed by atoms with van der Waals surface area (Å²) in [6.07, 6.45) is 1.54. The predicted octanol–water partition coefficient (Wildman–Crippen LogP) is 2.77. The number of para-hydroxylation sites is 1. The molecular weight excluding hydrogens is 318 g/mol. The van der Waals surface area contributed by atoms with Gasteiger partial charge in [-0.1, -0.05) is 23.4 Å². The van der Waals surface area contributed by atoms with Crippen LogP contribution in [0, 0.1) is 0 Å². The Kier molecular flexibility index (Phi) is 3.96. The Labute approximate surface area is 133 Å². The second-order valence-corrected chi connectivity index (χ2v) is 6.64. The average Bonchev–Trinajstić information content (AvgIpc) is 2.88. The second kappa shape index (κ2) is 5.92. The van der Waals surface area contributed by atoms with Crippen molar-refractivity contribution in [2.24, 2.45) is 0 Å². The number of rotatable bonds is 5. The lowest BCUT2D eigenvalue weighted by Gasteiger charge is -2.06. The molecule has 0 saturated carbocycles. The molecule has 0 aliphatic heterocycles. The number of fused-ring (bicyclic) bond motifs is 1. The van der Waals surface area contributed by atoms with Gasteiger partial charge in [-0.2, -0.15) is 8.42 Å². The van der Waals surface area contributed by atoms with Crippen LogP contribution in [0.2, 0.25) is 0 Å². The maximum absolute atomic E-state index is 11.2. The van der Waals surface area contributed by atoms with Crippen molar-refractivity contribution in [2.75, 3.05) is 13.4 Å². The fourth-order valence-electron chi connectivity index (χ4n) is 2.35. The van der Waals surface area contributed by atoms with Crippen LogP contribution in [0.1, 0.15) is 11.3 Å². The molecule has 0 aliphatic rings. The Morgan fingerprint density at radius 3 is 2.70 bits per heavy atom. The Morgan fingerprint density at radius 1 is 1.17 bits per heavy atom. The van der Waals surface area contributed by atoms with Crippen molar-refractivity contribution in [1.82, 2.24) is 5.16 Å². The van der Waals surface area contributed by atoms with Gasteiger partial charge in [-0.05, 0) is 18.2 Å². The predicted molar refractivity (Wildman–Crippen MR) is 85.3 cm³/mol. The van der Waals surface area contributed by atoms with Gasteiger partial charge >= 0.3 is 10.1 Å². The topological polar surface area (TPSA) is 78.6 Å². The van der Waals surface area contributed by atoms with Crippen LogP contribution < -0.4 is 8.92 Å². The fourth-order valence-corrected chi connectivity index (χ4v) is 2.81. The lowest BCUT2D eigenvalue weighted by Crippen LogP contribution is -2.05. The molecule has 3 rings (SSSR count). The smallest absolute Gasteiger partial charge is 0.306 e. The maximum Gasteiger partial charge on any atom is 0.306 e. The van der Waals surface area contributed by atoms with Crippen LogP contribution in [-0.4, -0.2) is 26.9 Å². The molecule has 23 heavy (non-hydrogen) atoms. The molecule has 6 nitrogen and oxygen atoms in total. The molecule has 0 radical (unpaired) electrons. The molecule has 0 spiro atoms. The van der Waals surface area contributed by atoms with Gasteiger partial charge in [-0.3, -0.25) is 0 Å². The first-order chi connectivity index (χ1) is 11.0. The third-order valence-corrected chi connectivity index (χ3v) is 3.81. The minimum Gasteiger partial charge on any atom is -0.496 e. The van der Waals surface area contributed by atoms with E-state index >= 15 is 0 Å². The first kappa shape index (κ1) is 15.4. The van der Waals surface area contributed by atoms with E-state index in [4.69, 9.17) is 13.4 Å². The number of ether oxygens (including phenoxy) is 1. The van der Waals surface area contributed by atoms with Crippen LogP contribution in [-0.2, 0) is 16.5 Å². The highest BCUT2D eigenvalue weighted by Crippen LogP contribution is 2.28. The van der Waals surface area contributed by atoms with Gasteiger partial charge in [0.05, 0.1) is 19.1 Å². The van der Waals surface area contributed by atoms with Crippen molar-refractivity contribution < 1.29 is 21.9 Å². The van der Waals surface area contributed by atoms with E-state index in [2.05, 4.69) is 5.16 Å². The summed E-state index contributed by atoms with van der Waals surface area (Å²) in [6.45, 7) is 0. The van der Waals surface area contributed by atoms with E-state index in [0.29, 0.717) is 12.0 Å². The van der Waals surface area contributed by atoms with E-state index < -0.39 is 10.1 Å². The standard InChI is InChI=1S/C16H15NO5S/c1-20-15-6-4-3-5-11(15)9-14-13-8-7-12(22-23(2,18)19)10-16(13)21-17-14/h3-8,10H,9H2,1-2H3. The van der Waals surface area contributed by atoms with Gasteiger partial charge in [0.2, 0.25) is 0 Å². The minimum absolute atomic E-state index is 0.194. The maximum atomic E-state index is 11.2. The van der Waals surface area contributed by atoms with Crippen LogP contribution >= 0.6 is 0 Å². The summed E-state index contributed by atoms with van der Waals surface area (Å²) in [7, 11) is -1.96. The summed E-state index contributed by atoms with van der Waals surface area (Å²) in [5.74, 6) is 0.973. The molecule has 1 heterocycles. The van der Waals surface area contributed by atoms with Gasteiger partial charge < -0.3 is 13.4 Å². The molecule has 0 unspecified atom stereocenters. The quantitative estimate of drug-likeness (QED) is 0.668. The summed E-state index contributed by atoms with van der Waals surface area (Å²) in [6, 6.07) is 12.5. The van der Waals surface area contributed by atoms with Gasteiger partial charge in [-0.25, -0.2) is 0 Å². The lowest BCUT2D eigenvalue weighted by atomic mass is 10.1. The first-order valence-electron chi connectivity index (χ1n) is 6.86. The summed E-state index contributed by atoms with van der Waals surface area (Å²) in [5, 5.41) is 4.87. The molecule has 0 saturated heterocycles. The SMILES string of the molecule is COc1ccccc1Cc1noc2cc(OS(C)(=O)=O)ccc12. The number of nitrogens with zero attached hydrogens (tertiary/aromatic N) is 1. The van der Waals surface area contributed by atoms with Crippen molar-refractivity contribution in [1.29, 1.82) is 0 Å². The summed E-state index contributed by atoms with van der Waals surface area (Å²) < 4.78 is 37.8. The minimum atomic E-state index is -3.58. The molecule has 0 aliphatic carbocycles. The van der Waals surface area contributed by atoms with Gasteiger partial charge in [0.25, 0.3) is 0 Å². The van der Waals surface area contributed by atoms with E-state index in [9.17, 15) is 8.42 Å². The van der Waals surface area contributed by atoms with Crippen LogP contribution in [0.25, 0.3) is 11.0 Å². The Hall–Kier alpha value is -2.54. The third kappa shape index (κ3) is 3.45. The molecule has 0 bridgehead atoms. The lowest BCUT2D eigenvalue weighted by molar-refractivity contribution is 0.409. The Balaban J connectivity index is 1.94. The van der Waals surface area contributed by atoms with Gasteiger partial charge in [0, 0.05) is 23.4 Å². The van der Waals surface area contributed by atoms with Crippen molar-refractivity contribution in [3.8, 4) is 11.5 Å². The zero-order valence-corrected chi connectivity index (χ0v) is 13.5. The molecule has 7 heteroatoms. The van der Waals surface area contributed by atoms with Crippen LogP contribution in [0.15, 0.2) is 47.0 Å². The van der Waals surface area contributed by atoms with Crippen molar-refractivity contribution in [3.05, 3.63) is 53.7 Å². The van der Waals surface area contributed by atoms with Crippen LogP contribution in [0.4, 0.5) is 0 Å². The van der Waals surface area contributed by atoms with Crippen LogP contribution in [0.5, 0.6) is 11.5 Å². The number of hydrogen-bond donors (Lipinski definition) is 0. The van der Waals surface area contributed by atoms with Crippen molar-refractivity contribution in [3.63, 3.8) is 0 Å². The molecule has 1 aromatic heterocycles. The number of methoxy groups -OCH3 is 1. The largest absolute Gasteiger partial charge is 0.496 e. The highest BCUT2D eigenvalue weighted by atomic mass is 32.2. The molecule has 2 aromatic carbocycles. The molecule has 0 N–H and O–H groups in total. The van der Waals surface area contributed by atoms with E-state index in [1.165, 1.54) is 6.07 Å². The summed E-state index contributed by atoms with van der Waals surface area (Å²) >= 11 is 0. The van der Waals surface area contributed by atoms with Crippen LogP contribution in [0.3, 0.4) is 0 Å². The van der Waals surface area contributed by atoms with E-state index in [1.807, 2.05) is 24.3 Å². The summed E-state index contributed by atoms with van der Waals surface area (Å²) in [5.41, 5.74) is 2.20. The van der Waals surface area contributed by atoms with E-state index in [1.54, 1.807) is 19.2 Å². The fraction of sp³-hybridized carbons (Fsp3) is 0.188. The molecule has 3 aromatic rings. The van der Waals surface area contributed by atoms with Crippen molar-refractivity contribution in [2.45, 2.75) is 6.42 Å². The Bertz CT molecular complexity index is 946. The molecule has 0 atom stereocenters. The molecule has 0 fully saturated rings. The molecule has 0 amide bonds.